The van der Waals surface area contributed by atoms with E-state index in [-0.39, 0.29) is 5.91 Å². The lowest BCUT2D eigenvalue weighted by Crippen LogP contribution is -2.21. The van der Waals surface area contributed by atoms with Crippen LogP contribution in [0.4, 0.5) is 0 Å². The third-order valence-corrected chi connectivity index (χ3v) is 3.20. The Balaban J connectivity index is 1.84. The largest absolute Gasteiger partial charge is 0.497 e. The molecule has 2 rings (SSSR count). The minimum absolute atomic E-state index is 0.127. The van der Waals surface area contributed by atoms with E-state index in [0.29, 0.717) is 6.42 Å². The smallest absolute Gasteiger partial charge is 0.244 e. The van der Waals surface area contributed by atoms with Crippen LogP contribution in [-0.4, -0.2) is 18.7 Å². The summed E-state index contributed by atoms with van der Waals surface area (Å²) in [4.78, 5) is 11.9. The molecule has 0 heterocycles. The van der Waals surface area contributed by atoms with Crippen LogP contribution >= 0.6 is 0 Å². The summed E-state index contributed by atoms with van der Waals surface area (Å²) in [7, 11) is 1.62. The minimum Gasteiger partial charge on any atom is -0.497 e. The summed E-state index contributed by atoms with van der Waals surface area (Å²) in [6.07, 6.45) is 1.02. The standard InChI is InChI=1S/C18H20N2O2/c1-14(12-15-6-4-3-5-7-15)19-20-18(21)13-16-8-10-17(22-2)11-9-16/h3-11H,12-13H2,1-2H3,(H,20,21). The quantitative estimate of drug-likeness (QED) is 0.658. The Kier molecular flexibility index (Phi) is 5.72. The van der Waals surface area contributed by atoms with Gasteiger partial charge >= 0.3 is 0 Å². The molecule has 0 aliphatic carbocycles. The maximum atomic E-state index is 11.9. The van der Waals surface area contributed by atoms with Crippen molar-refractivity contribution in [1.29, 1.82) is 0 Å². The SMILES string of the molecule is COc1ccc(CC(=O)NN=C(C)Cc2ccccc2)cc1. The number of amides is 1. The van der Waals surface area contributed by atoms with Gasteiger partial charge in [0.2, 0.25) is 5.91 Å². The molecule has 0 aliphatic heterocycles. The fourth-order valence-electron chi connectivity index (χ4n) is 2.06. The second-order valence-corrected chi connectivity index (χ2v) is 5.07. The van der Waals surface area contributed by atoms with Crippen molar-refractivity contribution >= 4 is 11.6 Å². The number of carbonyl (C=O) groups excluding carboxylic acids is 1. The van der Waals surface area contributed by atoms with E-state index in [9.17, 15) is 4.79 Å². The molecule has 114 valence electrons. The van der Waals surface area contributed by atoms with E-state index >= 15 is 0 Å². The van der Waals surface area contributed by atoms with Crippen molar-refractivity contribution in [2.45, 2.75) is 19.8 Å². The van der Waals surface area contributed by atoms with Gasteiger partial charge in [-0.15, -0.1) is 0 Å². The molecular formula is C18H20N2O2. The van der Waals surface area contributed by atoms with Crippen LogP contribution in [0.25, 0.3) is 0 Å². The zero-order valence-corrected chi connectivity index (χ0v) is 12.9. The van der Waals surface area contributed by atoms with Crippen LogP contribution in [0.15, 0.2) is 59.7 Å². The van der Waals surface area contributed by atoms with Gasteiger partial charge in [0.15, 0.2) is 0 Å². The van der Waals surface area contributed by atoms with Crippen LogP contribution in [0.2, 0.25) is 0 Å². The van der Waals surface area contributed by atoms with Gasteiger partial charge in [-0.25, -0.2) is 5.43 Å². The van der Waals surface area contributed by atoms with E-state index in [0.717, 1.165) is 23.4 Å². The van der Waals surface area contributed by atoms with Crippen LogP contribution in [-0.2, 0) is 17.6 Å². The molecule has 1 amide bonds. The van der Waals surface area contributed by atoms with Gasteiger partial charge in [-0.2, -0.15) is 5.10 Å². The maximum absolute atomic E-state index is 11.9. The first-order valence-corrected chi connectivity index (χ1v) is 7.16. The summed E-state index contributed by atoms with van der Waals surface area (Å²) in [6, 6.07) is 17.5. The molecule has 4 heteroatoms. The van der Waals surface area contributed by atoms with E-state index in [1.165, 1.54) is 5.56 Å². The lowest BCUT2D eigenvalue weighted by molar-refractivity contribution is -0.120. The third kappa shape index (κ3) is 5.05. The fourth-order valence-corrected chi connectivity index (χ4v) is 2.06. The molecule has 0 saturated carbocycles. The molecule has 22 heavy (non-hydrogen) atoms. The summed E-state index contributed by atoms with van der Waals surface area (Å²) in [5, 5.41) is 4.14. The Labute approximate surface area is 130 Å². The van der Waals surface area contributed by atoms with Crippen LogP contribution < -0.4 is 10.2 Å². The van der Waals surface area contributed by atoms with Gasteiger partial charge in [-0.1, -0.05) is 42.5 Å². The van der Waals surface area contributed by atoms with Gasteiger partial charge < -0.3 is 4.74 Å². The maximum Gasteiger partial charge on any atom is 0.244 e. The Morgan fingerprint density at radius 3 is 2.27 bits per heavy atom. The van der Waals surface area contributed by atoms with Crippen molar-refractivity contribution < 1.29 is 9.53 Å². The van der Waals surface area contributed by atoms with Gasteiger partial charge in [-0.3, -0.25) is 4.79 Å². The van der Waals surface area contributed by atoms with Crippen molar-refractivity contribution in [3.8, 4) is 5.75 Å². The highest BCUT2D eigenvalue weighted by Gasteiger charge is 2.03. The summed E-state index contributed by atoms with van der Waals surface area (Å²) < 4.78 is 5.09. The zero-order valence-electron chi connectivity index (χ0n) is 12.9. The number of benzene rings is 2. The second kappa shape index (κ2) is 7.98. The molecule has 0 fully saturated rings. The first-order valence-electron chi connectivity index (χ1n) is 7.16. The number of nitrogens with zero attached hydrogens (tertiary/aromatic N) is 1. The van der Waals surface area contributed by atoms with Crippen molar-refractivity contribution in [3.05, 3.63) is 65.7 Å². The van der Waals surface area contributed by atoms with Crippen LogP contribution in [0.5, 0.6) is 5.75 Å². The number of hydrazone groups is 1. The number of carbonyl (C=O) groups is 1. The number of nitrogens with one attached hydrogen (secondary N) is 1. The summed E-state index contributed by atoms with van der Waals surface area (Å²) >= 11 is 0. The molecule has 0 spiro atoms. The normalized spacial score (nSPS) is 11.1. The molecular weight excluding hydrogens is 276 g/mol. The number of hydrogen-bond donors (Lipinski definition) is 1. The predicted octanol–water partition coefficient (Wildman–Crippen LogP) is 2.97. The van der Waals surface area contributed by atoms with Gasteiger partial charge in [0, 0.05) is 12.1 Å². The zero-order chi connectivity index (χ0) is 15.8. The molecule has 0 aliphatic rings. The van der Waals surface area contributed by atoms with Gasteiger partial charge in [0.25, 0.3) is 0 Å². The third-order valence-electron chi connectivity index (χ3n) is 3.20. The van der Waals surface area contributed by atoms with E-state index in [1.807, 2.05) is 61.5 Å². The fraction of sp³-hybridized carbons (Fsp3) is 0.222. The predicted molar refractivity (Wildman–Crippen MR) is 88.1 cm³/mol. The van der Waals surface area contributed by atoms with Crippen molar-refractivity contribution in [3.63, 3.8) is 0 Å². The molecule has 0 unspecified atom stereocenters. The molecule has 0 radical (unpaired) electrons. The van der Waals surface area contributed by atoms with E-state index in [1.54, 1.807) is 7.11 Å². The Hall–Kier alpha value is -2.62. The van der Waals surface area contributed by atoms with E-state index in [4.69, 9.17) is 4.74 Å². The van der Waals surface area contributed by atoms with Crippen LogP contribution in [0.3, 0.4) is 0 Å². The lowest BCUT2D eigenvalue weighted by atomic mass is 10.1. The van der Waals surface area contributed by atoms with Crippen molar-refractivity contribution in [2.75, 3.05) is 7.11 Å². The average Bonchev–Trinajstić information content (AvgIpc) is 2.55. The first kappa shape index (κ1) is 15.8. The monoisotopic (exact) mass is 296 g/mol. The highest BCUT2D eigenvalue weighted by molar-refractivity contribution is 5.86. The summed E-state index contributed by atoms with van der Waals surface area (Å²) in [5.41, 5.74) is 5.57. The Morgan fingerprint density at radius 1 is 1.00 bits per heavy atom. The summed E-state index contributed by atoms with van der Waals surface area (Å²) in [5.74, 6) is 0.651. The molecule has 0 atom stereocenters. The number of hydrogen-bond acceptors (Lipinski definition) is 3. The molecule has 2 aromatic rings. The highest BCUT2D eigenvalue weighted by Crippen LogP contribution is 2.11. The van der Waals surface area contributed by atoms with Crippen LogP contribution in [0.1, 0.15) is 18.1 Å². The number of methoxy groups -OCH3 is 1. The van der Waals surface area contributed by atoms with Gasteiger partial charge in [-0.05, 0) is 30.2 Å². The molecule has 2 aromatic carbocycles. The summed E-state index contributed by atoms with van der Waals surface area (Å²) in [6.45, 7) is 1.90. The molecule has 1 N–H and O–H groups in total. The second-order valence-electron chi connectivity index (χ2n) is 5.07. The average molecular weight is 296 g/mol. The molecule has 0 aromatic heterocycles. The minimum atomic E-state index is -0.127. The Bertz CT molecular complexity index is 634. The highest BCUT2D eigenvalue weighted by atomic mass is 16.5. The molecule has 4 nitrogen and oxygen atoms in total. The van der Waals surface area contributed by atoms with Crippen LogP contribution in [0, 0.1) is 0 Å². The number of ether oxygens (including phenoxy) is 1. The van der Waals surface area contributed by atoms with Gasteiger partial charge in [0.1, 0.15) is 5.75 Å². The Morgan fingerprint density at radius 2 is 1.64 bits per heavy atom. The van der Waals surface area contributed by atoms with E-state index < -0.39 is 0 Å². The molecule has 0 saturated heterocycles. The first-order chi connectivity index (χ1) is 10.7. The lowest BCUT2D eigenvalue weighted by Gasteiger charge is -2.04. The number of rotatable bonds is 6. The topological polar surface area (TPSA) is 50.7 Å². The molecule has 0 bridgehead atoms. The van der Waals surface area contributed by atoms with Crippen molar-refractivity contribution in [1.82, 2.24) is 5.43 Å². The van der Waals surface area contributed by atoms with Crippen molar-refractivity contribution in [2.24, 2.45) is 5.10 Å². The van der Waals surface area contributed by atoms with E-state index in [2.05, 4.69) is 10.5 Å². The van der Waals surface area contributed by atoms with Gasteiger partial charge in [0.05, 0.1) is 13.5 Å².